The summed E-state index contributed by atoms with van der Waals surface area (Å²) >= 11 is 0. The van der Waals surface area contributed by atoms with Gasteiger partial charge in [-0.15, -0.1) is 0 Å². The zero-order valence-electron chi connectivity index (χ0n) is 6.71. The Kier molecular flexibility index (Phi) is 6.88. The summed E-state index contributed by atoms with van der Waals surface area (Å²) in [4.78, 5) is 0. The van der Waals surface area contributed by atoms with Crippen molar-refractivity contribution < 1.29 is 9.13 Å². The van der Waals surface area contributed by atoms with Crippen LogP contribution < -0.4 is 0 Å². The van der Waals surface area contributed by atoms with Crippen molar-refractivity contribution in [1.29, 1.82) is 0 Å². The van der Waals surface area contributed by atoms with Gasteiger partial charge in [-0.3, -0.25) is 0 Å². The molecule has 0 saturated heterocycles. The van der Waals surface area contributed by atoms with E-state index in [9.17, 15) is 9.13 Å². The van der Waals surface area contributed by atoms with Crippen LogP contribution in [0.3, 0.4) is 0 Å². The highest BCUT2D eigenvalue weighted by molar-refractivity contribution is 7.61. The third kappa shape index (κ3) is 3060. The molecule has 0 fully saturated rings. The molecular weight excluding hydrogens is 154 g/mol. The molecule has 0 rings (SSSR count). The van der Waals surface area contributed by atoms with Crippen molar-refractivity contribution in [2.24, 2.45) is 0 Å². The van der Waals surface area contributed by atoms with Gasteiger partial charge in [0.05, 0.1) is 7.14 Å². The Morgan fingerprint density at radius 1 is 1.11 bits per heavy atom. The predicted octanol–water partition coefficient (Wildman–Crippen LogP) is 2.31. The Morgan fingerprint density at radius 3 is 1.11 bits per heavy atom. The molecule has 0 atom stereocenters. The van der Waals surface area contributed by atoms with E-state index < -0.39 is 14.9 Å². The highest BCUT2D eigenvalue weighted by Gasteiger charge is 1.89. The lowest BCUT2D eigenvalue weighted by Crippen LogP contribution is -1.61. The van der Waals surface area contributed by atoms with Gasteiger partial charge in [0, 0.05) is 0 Å². The molecule has 0 heterocycles. The SMILES string of the molecule is CP(C)(C)=O.C[P+](C)=O. The van der Waals surface area contributed by atoms with E-state index in [-0.39, 0.29) is 0 Å². The average molecular weight is 169 g/mol. The second-order valence-electron chi connectivity index (χ2n) is 2.70. The van der Waals surface area contributed by atoms with Gasteiger partial charge in [-0.05, 0) is 20.0 Å². The van der Waals surface area contributed by atoms with Gasteiger partial charge in [-0.2, -0.15) is 0 Å². The fraction of sp³-hybridized carbons (Fsp3) is 1.00. The minimum absolute atomic E-state index is 0.870. The Morgan fingerprint density at radius 2 is 1.11 bits per heavy atom. The van der Waals surface area contributed by atoms with Gasteiger partial charge in [-0.1, -0.05) is 4.57 Å². The Bertz CT molecular complexity index is 113. The zero-order chi connectivity index (χ0) is 8.08. The van der Waals surface area contributed by atoms with Gasteiger partial charge >= 0.3 is 7.80 Å². The molecule has 0 unspecified atom stereocenters. The number of hydrogen-bond acceptors (Lipinski definition) is 2. The van der Waals surface area contributed by atoms with Gasteiger partial charge in [-0.25, -0.2) is 0 Å². The summed E-state index contributed by atoms with van der Waals surface area (Å²) in [6.07, 6.45) is 0. The highest BCUT2D eigenvalue weighted by atomic mass is 31.2. The van der Waals surface area contributed by atoms with Gasteiger partial charge in [0.2, 0.25) is 0 Å². The number of rotatable bonds is 0. The van der Waals surface area contributed by atoms with Crippen molar-refractivity contribution in [1.82, 2.24) is 0 Å². The third-order valence-electron chi connectivity index (χ3n) is 0. The van der Waals surface area contributed by atoms with E-state index in [4.69, 9.17) is 0 Å². The van der Waals surface area contributed by atoms with Crippen molar-refractivity contribution in [2.75, 3.05) is 33.3 Å². The first-order valence-corrected chi connectivity index (χ1v) is 7.80. The van der Waals surface area contributed by atoms with Gasteiger partial charge < -0.3 is 4.57 Å². The topological polar surface area (TPSA) is 34.1 Å². The summed E-state index contributed by atoms with van der Waals surface area (Å²) in [5.41, 5.74) is 0. The summed E-state index contributed by atoms with van der Waals surface area (Å²) in [6.45, 7) is 8.58. The molecule has 0 amide bonds. The van der Waals surface area contributed by atoms with E-state index in [0.29, 0.717) is 0 Å². The molecule has 0 aromatic carbocycles. The van der Waals surface area contributed by atoms with E-state index in [0.717, 1.165) is 0 Å². The molecule has 2 nitrogen and oxygen atoms in total. The number of hydrogen-bond donors (Lipinski definition) is 0. The van der Waals surface area contributed by atoms with E-state index in [1.807, 2.05) is 0 Å². The largest absolute Gasteiger partial charge is 0.332 e. The second-order valence-corrected chi connectivity index (χ2v) is 8.11. The lowest BCUT2D eigenvalue weighted by atomic mass is 11.9. The molecule has 0 N–H and O–H groups in total. The molecule has 0 bridgehead atoms. The van der Waals surface area contributed by atoms with Crippen LogP contribution in [0.5, 0.6) is 0 Å². The highest BCUT2D eigenvalue weighted by Crippen LogP contribution is 2.28. The molecule has 0 aromatic heterocycles. The summed E-state index contributed by atoms with van der Waals surface area (Å²) in [7, 11) is -2.51. The Hall–Kier alpha value is 0.330. The maximum atomic E-state index is 10.2. The summed E-state index contributed by atoms with van der Waals surface area (Å²) in [6, 6.07) is 0. The molecule has 0 aliphatic heterocycles. The van der Waals surface area contributed by atoms with Gasteiger partial charge in [0.1, 0.15) is 13.3 Å². The van der Waals surface area contributed by atoms with Gasteiger partial charge in [0.25, 0.3) is 0 Å². The standard InChI is InChI=1S/C3H9OP.C2H6OP/c1-5(2,3)4;1-4(2)3/h1-3H3;1-2H3/q;+1. The van der Waals surface area contributed by atoms with Crippen molar-refractivity contribution in [3.8, 4) is 0 Å². The third-order valence-corrected chi connectivity index (χ3v) is 0. The van der Waals surface area contributed by atoms with Crippen molar-refractivity contribution in [3.05, 3.63) is 0 Å². The van der Waals surface area contributed by atoms with Crippen LogP contribution in [-0.4, -0.2) is 33.3 Å². The van der Waals surface area contributed by atoms with Crippen LogP contribution in [-0.2, 0) is 9.13 Å². The van der Waals surface area contributed by atoms with E-state index in [2.05, 4.69) is 0 Å². The molecule has 56 valence electrons. The molecule has 9 heavy (non-hydrogen) atoms. The zero-order valence-corrected chi connectivity index (χ0v) is 8.50. The predicted molar refractivity (Wildman–Crippen MR) is 44.8 cm³/mol. The van der Waals surface area contributed by atoms with Crippen LogP contribution in [0.2, 0.25) is 0 Å². The average Bonchev–Trinajstić information content (AvgIpc) is 1.19. The first-order chi connectivity index (χ1) is 3.73. The van der Waals surface area contributed by atoms with Crippen LogP contribution in [0.25, 0.3) is 0 Å². The van der Waals surface area contributed by atoms with Crippen LogP contribution in [0.4, 0.5) is 0 Å². The smallest absolute Gasteiger partial charge is 0.324 e. The lowest BCUT2D eigenvalue weighted by molar-refractivity contribution is 0.586. The fourth-order valence-corrected chi connectivity index (χ4v) is 0. The van der Waals surface area contributed by atoms with Crippen LogP contribution in [0.1, 0.15) is 0 Å². The van der Waals surface area contributed by atoms with Crippen molar-refractivity contribution in [3.63, 3.8) is 0 Å². The van der Waals surface area contributed by atoms with E-state index in [1.54, 1.807) is 33.3 Å². The first-order valence-electron chi connectivity index (χ1n) is 2.60. The Labute approximate surface area is 58.2 Å². The molecule has 0 aromatic rings. The van der Waals surface area contributed by atoms with Crippen molar-refractivity contribution >= 4 is 14.9 Å². The second kappa shape index (κ2) is 5.14. The van der Waals surface area contributed by atoms with E-state index >= 15 is 0 Å². The monoisotopic (exact) mass is 169 g/mol. The molecule has 0 spiro atoms. The fourth-order valence-electron chi connectivity index (χ4n) is 0. The molecule has 4 heteroatoms. The molecule has 0 aliphatic carbocycles. The summed E-state index contributed by atoms with van der Waals surface area (Å²) in [5.74, 6) is 0. The van der Waals surface area contributed by atoms with Crippen LogP contribution >= 0.6 is 14.9 Å². The minimum atomic E-state index is -1.64. The quantitative estimate of drug-likeness (QED) is 0.521. The molecule has 0 aliphatic rings. The van der Waals surface area contributed by atoms with Crippen molar-refractivity contribution in [2.45, 2.75) is 0 Å². The minimum Gasteiger partial charge on any atom is -0.324 e. The maximum Gasteiger partial charge on any atom is 0.332 e. The maximum absolute atomic E-state index is 10.2. The van der Waals surface area contributed by atoms with Crippen LogP contribution in [0, 0.1) is 0 Å². The molecule has 0 saturated carbocycles. The summed E-state index contributed by atoms with van der Waals surface area (Å²) < 4.78 is 19.8. The molecule has 0 radical (unpaired) electrons. The van der Waals surface area contributed by atoms with Gasteiger partial charge in [0.15, 0.2) is 0 Å². The van der Waals surface area contributed by atoms with Crippen LogP contribution in [0.15, 0.2) is 0 Å². The lowest BCUT2D eigenvalue weighted by Gasteiger charge is -1.86. The summed E-state index contributed by atoms with van der Waals surface area (Å²) in [5, 5.41) is 0. The van der Waals surface area contributed by atoms with E-state index in [1.165, 1.54) is 0 Å². The molecular formula is C5H15O2P2+. The first kappa shape index (κ1) is 12.0. The Balaban J connectivity index is 0. The normalized spacial score (nSPS) is 9.44.